The topological polar surface area (TPSA) is 64.0 Å². The minimum absolute atomic E-state index is 0.0325. The molecule has 0 bridgehead atoms. The number of oxime groups is 1. The Morgan fingerprint density at radius 2 is 1.88 bits per heavy atom. The summed E-state index contributed by atoms with van der Waals surface area (Å²) in [5.41, 5.74) is 2.64. The molecule has 2 aliphatic rings. The fourth-order valence-electron chi connectivity index (χ4n) is 3.57. The monoisotopic (exact) mass is 337 g/mol. The molecule has 6 heteroatoms. The summed E-state index contributed by atoms with van der Waals surface area (Å²) in [6.07, 6.45) is 3.86. The Morgan fingerprint density at radius 3 is 2.56 bits per heavy atom. The van der Waals surface area contributed by atoms with Crippen LogP contribution in [0, 0.1) is 5.92 Å². The lowest BCUT2D eigenvalue weighted by molar-refractivity contribution is -0.143. The van der Waals surface area contributed by atoms with Gasteiger partial charge in [-0.1, -0.05) is 17.3 Å². The highest BCUT2D eigenvalue weighted by Gasteiger charge is 2.48. The van der Waals surface area contributed by atoms with Gasteiger partial charge in [0.1, 0.15) is 23.5 Å². The highest BCUT2D eigenvalue weighted by Crippen LogP contribution is 2.39. The molecule has 0 aliphatic carbocycles. The van der Waals surface area contributed by atoms with Crippen molar-refractivity contribution in [1.82, 2.24) is 9.88 Å². The van der Waals surface area contributed by atoms with E-state index in [-0.39, 0.29) is 24.0 Å². The van der Waals surface area contributed by atoms with Crippen LogP contribution in [0.3, 0.4) is 0 Å². The molecule has 1 amide bonds. The van der Waals surface area contributed by atoms with Crippen LogP contribution in [0.2, 0.25) is 0 Å². The van der Waals surface area contributed by atoms with E-state index in [0.29, 0.717) is 12.1 Å². The molecule has 0 radical (unpaired) electrons. The Labute approximate surface area is 146 Å². The second kappa shape index (κ2) is 6.20. The van der Waals surface area contributed by atoms with Gasteiger partial charge in [-0.05, 0) is 29.8 Å². The van der Waals surface area contributed by atoms with E-state index < -0.39 is 0 Å². The number of piperidine rings is 1. The van der Waals surface area contributed by atoms with E-state index in [1.807, 2.05) is 43.4 Å². The maximum absolute atomic E-state index is 13.0. The van der Waals surface area contributed by atoms with Gasteiger partial charge in [0.05, 0.1) is 13.2 Å². The lowest BCUT2D eigenvalue weighted by Crippen LogP contribution is -2.49. The van der Waals surface area contributed by atoms with Gasteiger partial charge < -0.3 is 14.5 Å². The Bertz CT molecular complexity index is 804. The summed E-state index contributed by atoms with van der Waals surface area (Å²) in [5.74, 6) is 0.471. The summed E-state index contributed by atoms with van der Waals surface area (Å²) < 4.78 is 5.21. The average Bonchev–Trinajstić information content (AvgIpc) is 3.09. The number of carbonyl (C=O) groups excluding carboxylic acids is 1. The molecule has 3 heterocycles. The van der Waals surface area contributed by atoms with E-state index in [9.17, 15) is 4.79 Å². The summed E-state index contributed by atoms with van der Waals surface area (Å²) in [6.45, 7) is 0. The van der Waals surface area contributed by atoms with E-state index in [2.05, 4.69) is 10.1 Å². The fourth-order valence-corrected chi connectivity index (χ4v) is 3.57. The van der Waals surface area contributed by atoms with Crippen molar-refractivity contribution in [2.45, 2.75) is 18.6 Å². The molecule has 128 valence electrons. The lowest BCUT2D eigenvalue weighted by atomic mass is 9.82. The third-order valence-corrected chi connectivity index (χ3v) is 4.97. The second-order valence-electron chi connectivity index (χ2n) is 6.31. The predicted octanol–water partition coefficient (Wildman–Crippen LogP) is 2.41. The molecular weight excluding hydrogens is 318 g/mol. The van der Waals surface area contributed by atoms with Crippen molar-refractivity contribution >= 4 is 11.6 Å². The van der Waals surface area contributed by atoms with Crippen molar-refractivity contribution in [1.29, 1.82) is 0 Å². The quantitative estimate of drug-likeness (QED) is 0.863. The Balaban J connectivity index is 1.60. The summed E-state index contributed by atoms with van der Waals surface area (Å²) in [6, 6.07) is 11.5. The average molecular weight is 337 g/mol. The maximum Gasteiger partial charge on any atom is 0.236 e. The smallest absolute Gasteiger partial charge is 0.236 e. The van der Waals surface area contributed by atoms with Crippen LogP contribution >= 0.6 is 0 Å². The number of hydrogen-bond donors (Lipinski definition) is 0. The fraction of sp³-hybridized carbons (Fsp3) is 0.316. The first-order chi connectivity index (χ1) is 12.2. The van der Waals surface area contributed by atoms with Crippen molar-refractivity contribution in [3.05, 3.63) is 59.9 Å². The maximum atomic E-state index is 13.0. The molecule has 3 unspecified atom stereocenters. The number of ether oxygens (including phenoxy) is 1. The molecule has 0 saturated carbocycles. The lowest BCUT2D eigenvalue weighted by Gasteiger charge is -2.38. The van der Waals surface area contributed by atoms with Crippen LogP contribution in [0.5, 0.6) is 5.75 Å². The predicted molar refractivity (Wildman–Crippen MR) is 92.3 cm³/mol. The number of rotatable bonds is 3. The normalized spacial score (nSPS) is 25.2. The molecule has 25 heavy (non-hydrogen) atoms. The van der Waals surface area contributed by atoms with Crippen LogP contribution in [0.15, 0.2) is 53.9 Å². The molecule has 1 saturated heterocycles. The zero-order valence-electron chi connectivity index (χ0n) is 14.1. The molecule has 3 atom stereocenters. The summed E-state index contributed by atoms with van der Waals surface area (Å²) in [5, 5.41) is 4.21. The number of carbonyl (C=O) groups is 1. The number of amides is 1. The van der Waals surface area contributed by atoms with Gasteiger partial charge in [-0.15, -0.1) is 0 Å². The van der Waals surface area contributed by atoms with Gasteiger partial charge >= 0.3 is 0 Å². The summed E-state index contributed by atoms with van der Waals surface area (Å²) in [4.78, 5) is 24.5. The Kier molecular flexibility index (Phi) is 3.87. The number of pyridine rings is 1. The van der Waals surface area contributed by atoms with Gasteiger partial charge in [0, 0.05) is 31.4 Å². The third-order valence-electron chi connectivity index (χ3n) is 4.97. The number of methoxy groups -OCH3 is 1. The standard InChI is InChI=1S/C19H19N3O3/c1-22-15(12-3-5-14(24-2)6-4-12)11-16-17(19(22)23)18(21-25-16)13-7-9-20-10-8-13/h3-10,15-17H,11H2,1-2H3. The molecule has 1 aromatic heterocycles. The largest absolute Gasteiger partial charge is 0.497 e. The van der Waals surface area contributed by atoms with E-state index in [1.54, 1.807) is 24.4 Å². The van der Waals surface area contributed by atoms with E-state index in [0.717, 1.165) is 16.9 Å². The highest BCUT2D eigenvalue weighted by atomic mass is 16.6. The Hall–Kier alpha value is -2.89. The van der Waals surface area contributed by atoms with E-state index in [4.69, 9.17) is 9.57 Å². The molecule has 4 rings (SSSR count). The molecule has 2 aliphatic heterocycles. The van der Waals surface area contributed by atoms with Crippen LogP contribution < -0.4 is 4.74 Å². The van der Waals surface area contributed by atoms with Crippen molar-refractivity contribution in [2.24, 2.45) is 11.1 Å². The molecule has 0 spiro atoms. The van der Waals surface area contributed by atoms with E-state index in [1.165, 1.54) is 0 Å². The van der Waals surface area contributed by atoms with Crippen LogP contribution in [0.1, 0.15) is 23.6 Å². The molecule has 1 fully saturated rings. The Morgan fingerprint density at radius 1 is 1.16 bits per heavy atom. The van der Waals surface area contributed by atoms with Crippen molar-refractivity contribution in [3.8, 4) is 5.75 Å². The first kappa shape index (κ1) is 15.6. The summed E-state index contributed by atoms with van der Waals surface area (Å²) >= 11 is 0. The number of aromatic nitrogens is 1. The number of nitrogens with zero attached hydrogens (tertiary/aromatic N) is 3. The van der Waals surface area contributed by atoms with Crippen LogP contribution in [-0.4, -0.2) is 41.8 Å². The second-order valence-corrected chi connectivity index (χ2v) is 6.31. The number of hydrogen-bond acceptors (Lipinski definition) is 5. The van der Waals surface area contributed by atoms with Gasteiger partial charge in [-0.3, -0.25) is 9.78 Å². The van der Waals surface area contributed by atoms with Crippen LogP contribution in [-0.2, 0) is 9.63 Å². The van der Waals surface area contributed by atoms with Gasteiger partial charge in [0.25, 0.3) is 0 Å². The van der Waals surface area contributed by atoms with Gasteiger partial charge in [0.15, 0.2) is 0 Å². The highest BCUT2D eigenvalue weighted by molar-refractivity contribution is 6.14. The van der Waals surface area contributed by atoms with Gasteiger partial charge in [-0.25, -0.2) is 0 Å². The first-order valence-corrected chi connectivity index (χ1v) is 8.24. The number of fused-ring (bicyclic) bond motifs is 1. The zero-order chi connectivity index (χ0) is 17.4. The third kappa shape index (κ3) is 2.63. The molecular formula is C19H19N3O3. The molecule has 1 aromatic carbocycles. The van der Waals surface area contributed by atoms with Crippen molar-refractivity contribution in [3.63, 3.8) is 0 Å². The first-order valence-electron chi connectivity index (χ1n) is 8.24. The number of benzene rings is 1. The van der Waals surface area contributed by atoms with Crippen LogP contribution in [0.4, 0.5) is 0 Å². The van der Waals surface area contributed by atoms with Gasteiger partial charge in [-0.2, -0.15) is 0 Å². The number of likely N-dealkylation sites (tertiary alicyclic amines) is 1. The van der Waals surface area contributed by atoms with Crippen LogP contribution in [0.25, 0.3) is 0 Å². The molecule has 2 aromatic rings. The minimum Gasteiger partial charge on any atom is -0.497 e. The zero-order valence-corrected chi connectivity index (χ0v) is 14.1. The van der Waals surface area contributed by atoms with Crippen molar-refractivity contribution < 1.29 is 14.4 Å². The van der Waals surface area contributed by atoms with E-state index >= 15 is 0 Å². The van der Waals surface area contributed by atoms with Gasteiger partial charge in [0.2, 0.25) is 5.91 Å². The molecule has 0 N–H and O–H groups in total. The SMILES string of the molecule is COc1ccc(C2CC3ON=C(c4ccncc4)C3C(=O)N2C)cc1. The van der Waals surface area contributed by atoms with Crippen molar-refractivity contribution in [2.75, 3.05) is 14.2 Å². The molecule has 6 nitrogen and oxygen atoms in total. The minimum atomic E-state index is -0.359. The summed E-state index contributed by atoms with van der Waals surface area (Å²) in [7, 11) is 3.48.